The summed E-state index contributed by atoms with van der Waals surface area (Å²) >= 11 is 0. The zero-order valence-corrected chi connectivity index (χ0v) is 12.0. The molecule has 0 aliphatic carbocycles. The van der Waals surface area contributed by atoms with Crippen molar-refractivity contribution in [1.29, 1.82) is 0 Å². The van der Waals surface area contributed by atoms with Gasteiger partial charge in [0.15, 0.2) is 23.5 Å². The molecule has 2 rings (SSSR count). The Balaban J connectivity index is 2.61. The summed E-state index contributed by atoms with van der Waals surface area (Å²) < 4.78 is 12.2. The zero-order chi connectivity index (χ0) is 14.7. The Morgan fingerprint density at radius 3 is 2.45 bits per heavy atom. The first-order valence-corrected chi connectivity index (χ1v) is 6.25. The van der Waals surface area contributed by atoms with E-state index in [1.807, 2.05) is 26.0 Å². The highest BCUT2D eigenvalue weighted by atomic mass is 16.5. The molecule has 0 N–H and O–H groups in total. The number of carbonyl (C=O) groups excluding carboxylic acids is 1. The van der Waals surface area contributed by atoms with Crippen molar-refractivity contribution in [3.05, 3.63) is 23.9 Å². The lowest BCUT2D eigenvalue weighted by atomic mass is 10.1. The van der Waals surface area contributed by atoms with Gasteiger partial charge < -0.3 is 9.47 Å². The van der Waals surface area contributed by atoms with E-state index in [0.29, 0.717) is 29.2 Å². The van der Waals surface area contributed by atoms with Gasteiger partial charge >= 0.3 is 0 Å². The van der Waals surface area contributed by atoms with Crippen LogP contribution >= 0.6 is 0 Å². The van der Waals surface area contributed by atoms with Gasteiger partial charge in [0.2, 0.25) is 0 Å². The van der Waals surface area contributed by atoms with Crippen molar-refractivity contribution in [2.45, 2.75) is 19.9 Å². The maximum absolute atomic E-state index is 11.1. The number of aromatic nitrogens is 3. The van der Waals surface area contributed by atoms with Crippen LogP contribution < -0.4 is 9.47 Å². The van der Waals surface area contributed by atoms with Gasteiger partial charge in [0.25, 0.3) is 0 Å². The van der Waals surface area contributed by atoms with E-state index in [2.05, 4.69) is 10.3 Å². The molecular formula is C14H17N3O3. The van der Waals surface area contributed by atoms with Crippen LogP contribution in [-0.2, 0) is 0 Å². The Bertz CT molecular complexity index is 620. The molecule has 0 saturated carbocycles. The summed E-state index contributed by atoms with van der Waals surface area (Å²) in [4.78, 5) is 11.1. The molecule has 0 spiro atoms. The monoisotopic (exact) mass is 275 g/mol. The van der Waals surface area contributed by atoms with Crippen molar-refractivity contribution in [3.63, 3.8) is 0 Å². The van der Waals surface area contributed by atoms with Gasteiger partial charge in [-0.3, -0.25) is 4.79 Å². The molecule has 0 bridgehead atoms. The number of rotatable bonds is 5. The minimum Gasteiger partial charge on any atom is -0.493 e. The first kappa shape index (κ1) is 14.0. The van der Waals surface area contributed by atoms with Gasteiger partial charge in [0, 0.05) is 11.6 Å². The second-order valence-electron chi connectivity index (χ2n) is 4.55. The lowest BCUT2D eigenvalue weighted by molar-refractivity contribution is 0.111. The third-order valence-corrected chi connectivity index (χ3v) is 2.98. The third-order valence-electron chi connectivity index (χ3n) is 2.98. The predicted molar refractivity (Wildman–Crippen MR) is 74.3 cm³/mol. The van der Waals surface area contributed by atoms with Gasteiger partial charge in [0.1, 0.15) is 0 Å². The molecule has 2 aromatic rings. The summed E-state index contributed by atoms with van der Waals surface area (Å²) in [6.45, 7) is 3.96. The van der Waals surface area contributed by atoms with E-state index in [4.69, 9.17) is 9.47 Å². The number of methoxy groups -OCH3 is 2. The largest absolute Gasteiger partial charge is 0.493 e. The van der Waals surface area contributed by atoms with Crippen molar-refractivity contribution >= 4 is 6.29 Å². The van der Waals surface area contributed by atoms with E-state index >= 15 is 0 Å². The molecule has 0 aliphatic heterocycles. The third kappa shape index (κ3) is 2.36. The van der Waals surface area contributed by atoms with E-state index in [0.717, 1.165) is 5.56 Å². The van der Waals surface area contributed by atoms with Gasteiger partial charge in [-0.1, -0.05) is 5.21 Å². The van der Waals surface area contributed by atoms with Crippen molar-refractivity contribution in [2.24, 2.45) is 0 Å². The van der Waals surface area contributed by atoms with Crippen molar-refractivity contribution in [1.82, 2.24) is 15.0 Å². The quantitative estimate of drug-likeness (QED) is 0.784. The summed E-state index contributed by atoms with van der Waals surface area (Å²) in [6.07, 6.45) is 0.706. The number of nitrogens with zero attached hydrogens (tertiary/aromatic N) is 3. The van der Waals surface area contributed by atoms with Gasteiger partial charge in [-0.05, 0) is 32.0 Å². The Morgan fingerprint density at radius 1 is 1.20 bits per heavy atom. The van der Waals surface area contributed by atoms with Crippen molar-refractivity contribution in [3.8, 4) is 22.8 Å². The molecule has 1 aromatic heterocycles. The maximum atomic E-state index is 11.1. The second kappa shape index (κ2) is 5.73. The molecular weight excluding hydrogens is 258 g/mol. The molecule has 0 amide bonds. The van der Waals surface area contributed by atoms with Crippen LogP contribution in [0.1, 0.15) is 30.4 Å². The van der Waals surface area contributed by atoms with Crippen LogP contribution in [0.4, 0.5) is 0 Å². The number of carbonyl (C=O) groups is 1. The molecule has 1 heterocycles. The van der Waals surface area contributed by atoms with Crippen LogP contribution in [0.5, 0.6) is 11.5 Å². The first-order chi connectivity index (χ1) is 9.62. The Hall–Kier alpha value is -2.37. The SMILES string of the molecule is COc1ccc(-c2c(C=O)nnn2C(C)C)cc1OC. The topological polar surface area (TPSA) is 66.2 Å². The first-order valence-electron chi connectivity index (χ1n) is 6.25. The molecule has 0 saturated heterocycles. The minimum atomic E-state index is 0.0966. The summed E-state index contributed by atoms with van der Waals surface area (Å²) in [5.74, 6) is 1.23. The summed E-state index contributed by atoms with van der Waals surface area (Å²) in [7, 11) is 3.15. The molecule has 0 unspecified atom stereocenters. The molecule has 1 aromatic carbocycles. The van der Waals surface area contributed by atoms with Crippen LogP contribution in [0, 0.1) is 0 Å². The minimum absolute atomic E-state index is 0.0966. The highest BCUT2D eigenvalue weighted by Gasteiger charge is 2.18. The lowest BCUT2D eigenvalue weighted by Crippen LogP contribution is -2.05. The fourth-order valence-corrected chi connectivity index (χ4v) is 2.01. The van der Waals surface area contributed by atoms with E-state index in [1.54, 1.807) is 25.0 Å². The molecule has 6 nitrogen and oxygen atoms in total. The van der Waals surface area contributed by atoms with E-state index in [1.165, 1.54) is 0 Å². The summed E-state index contributed by atoms with van der Waals surface area (Å²) in [5.41, 5.74) is 1.80. The van der Waals surface area contributed by atoms with Gasteiger partial charge in [-0.15, -0.1) is 5.10 Å². The molecule has 6 heteroatoms. The maximum Gasteiger partial charge on any atom is 0.172 e. The number of benzene rings is 1. The number of aldehydes is 1. The fourth-order valence-electron chi connectivity index (χ4n) is 2.01. The Kier molecular flexibility index (Phi) is 4.02. The average Bonchev–Trinajstić information content (AvgIpc) is 2.90. The lowest BCUT2D eigenvalue weighted by Gasteiger charge is -2.12. The molecule has 106 valence electrons. The molecule has 0 aliphatic rings. The standard InChI is InChI=1S/C14H17N3O3/c1-9(2)17-14(11(8-18)15-16-17)10-5-6-12(19-3)13(7-10)20-4/h5-9H,1-4H3. The van der Waals surface area contributed by atoms with Crippen LogP contribution in [0.25, 0.3) is 11.3 Å². The normalized spacial score (nSPS) is 10.7. The number of ether oxygens (including phenoxy) is 2. The smallest absolute Gasteiger partial charge is 0.172 e. The predicted octanol–water partition coefficient (Wildman–Crippen LogP) is 2.36. The highest BCUT2D eigenvalue weighted by molar-refractivity contribution is 5.83. The van der Waals surface area contributed by atoms with Crippen LogP contribution in [0.2, 0.25) is 0 Å². The average molecular weight is 275 g/mol. The van der Waals surface area contributed by atoms with Crippen molar-refractivity contribution in [2.75, 3.05) is 14.2 Å². The number of hydrogen-bond acceptors (Lipinski definition) is 5. The van der Waals surface area contributed by atoms with Gasteiger partial charge in [-0.2, -0.15) is 0 Å². The summed E-state index contributed by atoms with van der Waals surface area (Å²) in [6, 6.07) is 5.55. The second-order valence-corrected chi connectivity index (χ2v) is 4.55. The highest BCUT2D eigenvalue weighted by Crippen LogP contribution is 2.33. The Morgan fingerprint density at radius 2 is 1.90 bits per heavy atom. The van der Waals surface area contributed by atoms with Gasteiger partial charge in [-0.25, -0.2) is 4.68 Å². The molecule has 0 fully saturated rings. The van der Waals surface area contributed by atoms with Gasteiger partial charge in [0.05, 0.1) is 19.9 Å². The molecule has 20 heavy (non-hydrogen) atoms. The van der Waals surface area contributed by atoms with E-state index < -0.39 is 0 Å². The van der Waals surface area contributed by atoms with Crippen molar-refractivity contribution < 1.29 is 14.3 Å². The van der Waals surface area contributed by atoms with Crippen LogP contribution in [0.15, 0.2) is 18.2 Å². The van der Waals surface area contributed by atoms with E-state index in [9.17, 15) is 4.79 Å². The van der Waals surface area contributed by atoms with Crippen LogP contribution in [-0.4, -0.2) is 35.5 Å². The van der Waals surface area contributed by atoms with Crippen LogP contribution in [0.3, 0.4) is 0 Å². The molecule has 0 atom stereocenters. The zero-order valence-electron chi connectivity index (χ0n) is 12.0. The summed E-state index contributed by atoms with van der Waals surface area (Å²) in [5, 5.41) is 7.93. The fraction of sp³-hybridized carbons (Fsp3) is 0.357. The van der Waals surface area contributed by atoms with E-state index in [-0.39, 0.29) is 6.04 Å². The molecule has 0 radical (unpaired) electrons. The Labute approximate surface area is 117 Å². The number of hydrogen-bond donors (Lipinski definition) is 0.